The van der Waals surface area contributed by atoms with Crippen LogP contribution in [0.2, 0.25) is 0 Å². The molecule has 0 spiro atoms. The number of fused-ring (bicyclic) bond motifs is 3. The van der Waals surface area contributed by atoms with Gasteiger partial charge in [0.05, 0.1) is 5.69 Å². The minimum atomic E-state index is -0.129. The molecule has 9 aromatic rings. The van der Waals surface area contributed by atoms with Gasteiger partial charge in [-0.25, -0.2) is 0 Å². The van der Waals surface area contributed by atoms with Crippen LogP contribution in [-0.2, 0) is 5.41 Å². The zero-order valence-corrected chi connectivity index (χ0v) is 33.7. The van der Waals surface area contributed by atoms with E-state index in [9.17, 15) is 0 Å². The molecule has 0 heterocycles. The lowest BCUT2D eigenvalue weighted by Crippen LogP contribution is -2.17. The van der Waals surface area contributed by atoms with Crippen LogP contribution in [0.3, 0.4) is 0 Å². The minimum Gasteiger partial charge on any atom is -0.310 e. The van der Waals surface area contributed by atoms with Crippen molar-refractivity contribution in [3.63, 3.8) is 0 Å². The summed E-state index contributed by atoms with van der Waals surface area (Å²) in [7, 11) is 0. The molecule has 10 rings (SSSR count). The van der Waals surface area contributed by atoms with Crippen LogP contribution in [0.15, 0.2) is 218 Å². The molecule has 1 nitrogen and oxygen atoms in total. The molecule has 282 valence electrons. The Bertz CT molecular complexity index is 2910. The molecule has 0 aliphatic heterocycles. The van der Waals surface area contributed by atoms with Gasteiger partial charge in [-0.1, -0.05) is 196 Å². The Hall–Kier alpha value is -7.22. The summed E-state index contributed by atoms with van der Waals surface area (Å²) in [6, 6.07) is 79.8. The van der Waals surface area contributed by atoms with E-state index in [2.05, 4.69) is 244 Å². The van der Waals surface area contributed by atoms with Crippen molar-refractivity contribution in [1.29, 1.82) is 0 Å². The normalized spacial score (nSPS) is 12.5. The maximum absolute atomic E-state index is 2.49. The number of rotatable bonds is 8. The van der Waals surface area contributed by atoms with Crippen molar-refractivity contribution in [2.45, 2.75) is 26.2 Å². The third kappa shape index (κ3) is 6.65. The molecule has 0 aromatic heterocycles. The second-order valence-corrected chi connectivity index (χ2v) is 16.2. The number of aryl methyl sites for hydroxylation is 1. The van der Waals surface area contributed by atoms with Crippen LogP contribution < -0.4 is 4.90 Å². The molecule has 0 atom stereocenters. The molecule has 0 saturated heterocycles. The summed E-state index contributed by atoms with van der Waals surface area (Å²) < 4.78 is 0. The Labute approximate surface area is 348 Å². The summed E-state index contributed by atoms with van der Waals surface area (Å²) in [6.07, 6.45) is 0. The SMILES string of the molecule is Cc1cc(-c2ccc(-c3ccccc3)cc2)cc(-c2ccccc2)c1N(c1ccc(-c2ccc(-c3ccccc3)cc2)cc1)c1ccc2c(c1)C(C)(C)c1ccccc1-2. The van der Waals surface area contributed by atoms with Gasteiger partial charge in [-0.3, -0.25) is 0 Å². The summed E-state index contributed by atoms with van der Waals surface area (Å²) in [6.45, 7) is 7.00. The molecular formula is C58H45N. The lowest BCUT2D eigenvalue weighted by molar-refractivity contribution is 0.660. The predicted molar refractivity (Wildman–Crippen MR) is 251 cm³/mol. The number of benzene rings is 9. The van der Waals surface area contributed by atoms with Gasteiger partial charge in [0.15, 0.2) is 0 Å². The van der Waals surface area contributed by atoms with Crippen LogP contribution in [0, 0.1) is 6.92 Å². The summed E-state index contributed by atoms with van der Waals surface area (Å²) in [5.74, 6) is 0. The Morgan fingerprint density at radius 2 is 0.712 bits per heavy atom. The molecule has 59 heavy (non-hydrogen) atoms. The molecular weight excluding hydrogens is 711 g/mol. The first kappa shape index (κ1) is 36.1. The van der Waals surface area contributed by atoms with Crippen molar-refractivity contribution in [2.24, 2.45) is 0 Å². The first-order chi connectivity index (χ1) is 28.9. The summed E-state index contributed by atoms with van der Waals surface area (Å²) in [4.78, 5) is 2.49. The van der Waals surface area contributed by atoms with Gasteiger partial charge in [0.25, 0.3) is 0 Å². The maximum Gasteiger partial charge on any atom is 0.0569 e. The van der Waals surface area contributed by atoms with Crippen molar-refractivity contribution in [3.05, 3.63) is 235 Å². The molecule has 1 aliphatic rings. The number of anilines is 3. The topological polar surface area (TPSA) is 3.24 Å². The van der Waals surface area contributed by atoms with E-state index in [-0.39, 0.29) is 5.41 Å². The van der Waals surface area contributed by atoms with Gasteiger partial charge in [0.1, 0.15) is 0 Å². The summed E-state index contributed by atoms with van der Waals surface area (Å²) in [5, 5.41) is 0. The number of hydrogen-bond acceptors (Lipinski definition) is 1. The molecule has 0 fully saturated rings. The summed E-state index contributed by atoms with van der Waals surface area (Å²) >= 11 is 0. The van der Waals surface area contributed by atoms with E-state index in [1.807, 2.05) is 0 Å². The monoisotopic (exact) mass is 755 g/mol. The highest BCUT2D eigenvalue weighted by Gasteiger charge is 2.36. The number of hydrogen-bond donors (Lipinski definition) is 0. The molecule has 0 radical (unpaired) electrons. The molecule has 0 amide bonds. The highest BCUT2D eigenvalue weighted by atomic mass is 15.1. The number of nitrogens with zero attached hydrogens (tertiary/aromatic N) is 1. The van der Waals surface area contributed by atoms with E-state index in [1.165, 1.54) is 89.1 Å². The van der Waals surface area contributed by atoms with Crippen LogP contribution in [0.1, 0.15) is 30.5 Å². The van der Waals surface area contributed by atoms with Gasteiger partial charge in [-0.2, -0.15) is 0 Å². The van der Waals surface area contributed by atoms with Gasteiger partial charge >= 0.3 is 0 Å². The smallest absolute Gasteiger partial charge is 0.0569 e. The third-order valence-electron chi connectivity index (χ3n) is 12.2. The third-order valence-corrected chi connectivity index (χ3v) is 12.2. The van der Waals surface area contributed by atoms with Gasteiger partial charge < -0.3 is 4.90 Å². The van der Waals surface area contributed by atoms with Crippen LogP contribution in [0.4, 0.5) is 17.1 Å². The van der Waals surface area contributed by atoms with E-state index in [0.29, 0.717) is 0 Å². The molecule has 1 aliphatic carbocycles. The zero-order valence-electron chi connectivity index (χ0n) is 33.7. The lowest BCUT2D eigenvalue weighted by atomic mass is 9.82. The largest absolute Gasteiger partial charge is 0.310 e. The molecule has 0 bridgehead atoms. The first-order valence-electron chi connectivity index (χ1n) is 20.6. The fraction of sp³-hybridized carbons (Fsp3) is 0.0690. The van der Waals surface area contributed by atoms with Crippen LogP contribution >= 0.6 is 0 Å². The molecule has 1 heteroatoms. The maximum atomic E-state index is 2.49. The van der Waals surface area contributed by atoms with E-state index in [4.69, 9.17) is 0 Å². The van der Waals surface area contributed by atoms with Crippen molar-refractivity contribution in [2.75, 3.05) is 4.90 Å². The Balaban J connectivity index is 1.12. The lowest BCUT2D eigenvalue weighted by Gasteiger charge is -2.31. The zero-order chi connectivity index (χ0) is 39.9. The Morgan fingerprint density at radius 3 is 1.25 bits per heavy atom. The average Bonchev–Trinajstić information content (AvgIpc) is 3.53. The highest BCUT2D eigenvalue weighted by molar-refractivity contribution is 5.94. The minimum absolute atomic E-state index is 0.129. The molecule has 9 aromatic carbocycles. The quantitative estimate of drug-likeness (QED) is 0.149. The fourth-order valence-corrected chi connectivity index (χ4v) is 9.09. The van der Waals surface area contributed by atoms with E-state index in [0.717, 1.165) is 11.4 Å². The molecule has 0 unspecified atom stereocenters. The van der Waals surface area contributed by atoms with Gasteiger partial charge in [-0.15, -0.1) is 0 Å². The highest BCUT2D eigenvalue weighted by Crippen LogP contribution is 2.52. The van der Waals surface area contributed by atoms with E-state index < -0.39 is 0 Å². The van der Waals surface area contributed by atoms with E-state index in [1.54, 1.807) is 0 Å². The predicted octanol–water partition coefficient (Wildman–Crippen LogP) is 16.1. The van der Waals surface area contributed by atoms with Crippen molar-refractivity contribution in [3.8, 4) is 66.8 Å². The van der Waals surface area contributed by atoms with Crippen molar-refractivity contribution < 1.29 is 0 Å². The van der Waals surface area contributed by atoms with Crippen molar-refractivity contribution >= 4 is 17.1 Å². The molecule has 0 N–H and O–H groups in total. The van der Waals surface area contributed by atoms with Gasteiger partial charge in [0, 0.05) is 22.4 Å². The van der Waals surface area contributed by atoms with Crippen LogP contribution in [0.5, 0.6) is 0 Å². The fourth-order valence-electron chi connectivity index (χ4n) is 9.09. The second kappa shape index (κ2) is 14.9. The first-order valence-corrected chi connectivity index (χ1v) is 20.6. The van der Waals surface area contributed by atoms with Crippen molar-refractivity contribution in [1.82, 2.24) is 0 Å². The van der Waals surface area contributed by atoms with Gasteiger partial charge in [0.2, 0.25) is 0 Å². The average molecular weight is 756 g/mol. The Morgan fingerprint density at radius 1 is 0.305 bits per heavy atom. The van der Waals surface area contributed by atoms with E-state index >= 15 is 0 Å². The Kier molecular flexibility index (Phi) is 9.15. The second-order valence-electron chi connectivity index (χ2n) is 16.2. The standard InChI is InChI=1S/C58H45N/c1-40-37-49(47-29-27-44(28-30-47)42-17-9-5-10-18-42)38-54(48-19-11-6-12-20-48)57(40)59(51-35-36-53-52-21-13-14-22-55(52)58(2,3)56(53)39-51)50-33-31-46(32-34-50)45-25-23-43(24-26-45)41-15-7-4-8-16-41/h4-39H,1-3H3. The van der Waals surface area contributed by atoms with Gasteiger partial charge in [-0.05, 0) is 121 Å². The summed E-state index contributed by atoms with van der Waals surface area (Å²) in [5.41, 5.74) is 21.9. The molecule has 0 saturated carbocycles. The van der Waals surface area contributed by atoms with Crippen LogP contribution in [0.25, 0.3) is 66.8 Å². The van der Waals surface area contributed by atoms with Crippen LogP contribution in [-0.4, -0.2) is 0 Å².